The molecule has 2 heterocycles. The summed E-state index contributed by atoms with van der Waals surface area (Å²) < 4.78 is 11.6. The number of furan rings is 2. The van der Waals surface area contributed by atoms with E-state index in [4.69, 9.17) is 8.83 Å². The Kier molecular flexibility index (Phi) is 2.25. The molecule has 0 saturated carbocycles. The molecule has 0 aliphatic heterocycles. The van der Waals surface area contributed by atoms with Crippen molar-refractivity contribution in [3.8, 4) is 0 Å². The first-order valence-corrected chi connectivity index (χ1v) is 6.13. The van der Waals surface area contributed by atoms with Crippen molar-refractivity contribution in [1.82, 2.24) is 0 Å². The lowest BCUT2D eigenvalue weighted by Gasteiger charge is -1.95. The first kappa shape index (κ1) is 10.5. The van der Waals surface area contributed by atoms with Crippen molar-refractivity contribution in [1.29, 1.82) is 0 Å². The van der Waals surface area contributed by atoms with E-state index in [1.807, 2.05) is 0 Å². The molecule has 3 aromatic rings. The minimum atomic E-state index is 0.417. The summed E-state index contributed by atoms with van der Waals surface area (Å²) >= 11 is 0. The highest BCUT2D eigenvalue weighted by Gasteiger charge is 2.10. The van der Waals surface area contributed by atoms with Crippen molar-refractivity contribution in [2.75, 3.05) is 0 Å². The molecule has 0 fully saturated rings. The summed E-state index contributed by atoms with van der Waals surface area (Å²) in [5.74, 6) is 2.47. The molecule has 0 radical (unpaired) electrons. The third-order valence-corrected chi connectivity index (χ3v) is 3.14. The van der Waals surface area contributed by atoms with E-state index in [2.05, 4.69) is 45.0 Å². The summed E-state index contributed by atoms with van der Waals surface area (Å²) in [4.78, 5) is 0. The second-order valence-electron chi connectivity index (χ2n) is 4.80. The van der Waals surface area contributed by atoms with Crippen molar-refractivity contribution < 1.29 is 8.83 Å². The molecule has 0 amide bonds. The summed E-state index contributed by atoms with van der Waals surface area (Å²) in [7, 11) is 0. The molecular weight excluding hydrogens is 212 g/mol. The van der Waals surface area contributed by atoms with E-state index < -0.39 is 0 Å². The van der Waals surface area contributed by atoms with E-state index in [9.17, 15) is 0 Å². The fourth-order valence-electron chi connectivity index (χ4n) is 2.11. The maximum absolute atomic E-state index is 5.84. The van der Waals surface area contributed by atoms with E-state index in [0.29, 0.717) is 5.92 Å². The number of aryl methyl sites for hydroxylation is 1. The highest BCUT2D eigenvalue weighted by Crippen LogP contribution is 2.30. The van der Waals surface area contributed by atoms with Crippen LogP contribution in [0.3, 0.4) is 0 Å². The SMILES string of the molecule is CCc1cc2cc3oc(C(C)C)cc3cc2o1. The smallest absolute Gasteiger partial charge is 0.135 e. The highest BCUT2D eigenvalue weighted by atomic mass is 16.3. The van der Waals surface area contributed by atoms with Gasteiger partial charge in [0.2, 0.25) is 0 Å². The normalized spacial score (nSPS) is 12.0. The van der Waals surface area contributed by atoms with Crippen molar-refractivity contribution in [2.24, 2.45) is 0 Å². The summed E-state index contributed by atoms with van der Waals surface area (Å²) in [6, 6.07) is 8.33. The molecule has 0 unspecified atom stereocenters. The second kappa shape index (κ2) is 3.66. The summed E-state index contributed by atoms with van der Waals surface area (Å²) in [6.07, 6.45) is 0.924. The topological polar surface area (TPSA) is 26.3 Å². The van der Waals surface area contributed by atoms with Crippen molar-refractivity contribution in [2.45, 2.75) is 33.1 Å². The molecule has 0 spiro atoms. The molecule has 2 heteroatoms. The van der Waals surface area contributed by atoms with E-state index in [0.717, 1.165) is 39.9 Å². The van der Waals surface area contributed by atoms with Crippen LogP contribution in [0.1, 0.15) is 38.2 Å². The van der Waals surface area contributed by atoms with E-state index in [-0.39, 0.29) is 0 Å². The molecule has 0 aliphatic rings. The number of rotatable bonds is 2. The predicted octanol–water partition coefficient (Wildman–Crippen LogP) is 4.86. The van der Waals surface area contributed by atoms with Crippen molar-refractivity contribution in [3.05, 3.63) is 35.8 Å². The zero-order valence-electron chi connectivity index (χ0n) is 10.4. The molecular formula is C15H16O2. The first-order chi connectivity index (χ1) is 8.17. The first-order valence-electron chi connectivity index (χ1n) is 6.13. The second-order valence-corrected chi connectivity index (χ2v) is 4.80. The Bertz CT molecular complexity index is 620. The summed E-state index contributed by atoms with van der Waals surface area (Å²) in [6.45, 7) is 6.37. The third kappa shape index (κ3) is 1.64. The van der Waals surface area contributed by atoms with Gasteiger partial charge in [-0.05, 0) is 24.3 Å². The van der Waals surface area contributed by atoms with Gasteiger partial charge < -0.3 is 8.83 Å². The van der Waals surface area contributed by atoms with E-state index >= 15 is 0 Å². The Morgan fingerprint density at radius 1 is 0.941 bits per heavy atom. The zero-order chi connectivity index (χ0) is 12.0. The summed E-state index contributed by atoms with van der Waals surface area (Å²) in [5.41, 5.74) is 1.90. The Labute approximate surface area is 100 Å². The molecule has 2 nitrogen and oxygen atoms in total. The average Bonchev–Trinajstić information content (AvgIpc) is 2.87. The molecule has 0 saturated heterocycles. The van der Waals surface area contributed by atoms with Gasteiger partial charge in [0.1, 0.15) is 22.7 Å². The number of benzene rings is 1. The van der Waals surface area contributed by atoms with Gasteiger partial charge in [0.15, 0.2) is 0 Å². The Morgan fingerprint density at radius 2 is 1.59 bits per heavy atom. The quantitative estimate of drug-likeness (QED) is 0.625. The van der Waals surface area contributed by atoms with Crippen LogP contribution in [0, 0.1) is 0 Å². The van der Waals surface area contributed by atoms with Crippen LogP contribution in [0.5, 0.6) is 0 Å². The lowest BCUT2D eigenvalue weighted by Crippen LogP contribution is -1.79. The highest BCUT2D eigenvalue weighted by molar-refractivity contribution is 5.93. The molecule has 3 rings (SSSR count). The van der Waals surface area contributed by atoms with Crippen molar-refractivity contribution >= 4 is 21.9 Å². The van der Waals surface area contributed by atoms with Crippen LogP contribution in [-0.4, -0.2) is 0 Å². The van der Waals surface area contributed by atoms with Gasteiger partial charge >= 0.3 is 0 Å². The lowest BCUT2D eigenvalue weighted by molar-refractivity contribution is 0.522. The number of hydrogen-bond acceptors (Lipinski definition) is 2. The van der Waals surface area contributed by atoms with Gasteiger partial charge in [0.25, 0.3) is 0 Å². The van der Waals surface area contributed by atoms with Crippen LogP contribution in [-0.2, 0) is 6.42 Å². The van der Waals surface area contributed by atoms with Crippen LogP contribution >= 0.6 is 0 Å². The maximum Gasteiger partial charge on any atom is 0.135 e. The molecule has 0 aliphatic carbocycles. The summed E-state index contributed by atoms with van der Waals surface area (Å²) in [5, 5.41) is 2.25. The molecule has 88 valence electrons. The Hall–Kier alpha value is -1.70. The predicted molar refractivity (Wildman–Crippen MR) is 69.5 cm³/mol. The lowest BCUT2D eigenvalue weighted by atomic mass is 10.1. The van der Waals surface area contributed by atoms with Gasteiger partial charge in [0.05, 0.1) is 0 Å². The van der Waals surface area contributed by atoms with Gasteiger partial charge in [0, 0.05) is 23.1 Å². The van der Waals surface area contributed by atoms with Gasteiger partial charge in [-0.3, -0.25) is 0 Å². The number of fused-ring (bicyclic) bond motifs is 2. The molecule has 0 bridgehead atoms. The maximum atomic E-state index is 5.84. The van der Waals surface area contributed by atoms with Crippen LogP contribution in [0.25, 0.3) is 21.9 Å². The van der Waals surface area contributed by atoms with E-state index in [1.54, 1.807) is 0 Å². The van der Waals surface area contributed by atoms with Crippen LogP contribution in [0.4, 0.5) is 0 Å². The van der Waals surface area contributed by atoms with Crippen LogP contribution in [0.15, 0.2) is 33.1 Å². The largest absolute Gasteiger partial charge is 0.461 e. The molecule has 0 atom stereocenters. The monoisotopic (exact) mass is 228 g/mol. The number of hydrogen-bond donors (Lipinski definition) is 0. The van der Waals surface area contributed by atoms with Crippen LogP contribution < -0.4 is 0 Å². The zero-order valence-corrected chi connectivity index (χ0v) is 10.4. The van der Waals surface area contributed by atoms with Gasteiger partial charge in [-0.2, -0.15) is 0 Å². The molecule has 17 heavy (non-hydrogen) atoms. The van der Waals surface area contributed by atoms with Gasteiger partial charge in [-0.25, -0.2) is 0 Å². The van der Waals surface area contributed by atoms with Gasteiger partial charge in [-0.1, -0.05) is 20.8 Å². The fourth-order valence-corrected chi connectivity index (χ4v) is 2.11. The standard InChI is InChI=1S/C15H16O2/c1-4-12-5-10-7-15-11(8-14(10)16-12)6-13(17-15)9(2)3/h5-9H,4H2,1-3H3. The third-order valence-electron chi connectivity index (χ3n) is 3.14. The fraction of sp³-hybridized carbons (Fsp3) is 0.333. The van der Waals surface area contributed by atoms with Crippen LogP contribution in [0.2, 0.25) is 0 Å². The Morgan fingerprint density at radius 3 is 2.24 bits per heavy atom. The minimum absolute atomic E-state index is 0.417. The molecule has 0 N–H and O–H groups in total. The Balaban J connectivity index is 2.24. The molecule has 2 aromatic heterocycles. The minimum Gasteiger partial charge on any atom is -0.461 e. The van der Waals surface area contributed by atoms with Crippen molar-refractivity contribution in [3.63, 3.8) is 0 Å². The average molecular weight is 228 g/mol. The van der Waals surface area contributed by atoms with E-state index in [1.165, 1.54) is 0 Å². The molecule has 1 aromatic carbocycles. The van der Waals surface area contributed by atoms with Gasteiger partial charge in [-0.15, -0.1) is 0 Å².